The molecule has 0 unspecified atom stereocenters. The van der Waals surface area contributed by atoms with E-state index in [-0.39, 0.29) is 0 Å². The first-order chi connectivity index (χ1) is 10.4. The van der Waals surface area contributed by atoms with Gasteiger partial charge in [0, 0.05) is 0 Å². The van der Waals surface area contributed by atoms with Crippen LogP contribution < -0.4 is 0 Å². The molecule has 0 aromatic heterocycles. The number of nitrogens with zero attached hydrogens (tertiary/aromatic N) is 1. The van der Waals surface area contributed by atoms with Crippen molar-refractivity contribution in [3.05, 3.63) is 60.2 Å². The summed E-state index contributed by atoms with van der Waals surface area (Å²) >= 11 is 0. The summed E-state index contributed by atoms with van der Waals surface area (Å²) in [6.07, 6.45) is 10.5. The third kappa shape index (κ3) is 5.44. The molecule has 0 spiro atoms. The van der Waals surface area contributed by atoms with Crippen molar-refractivity contribution in [3.8, 4) is 17.2 Å². The molecule has 0 saturated heterocycles. The Bertz CT molecular complexity index is 529. The molecular weight excluding hydrogens is 254 g/mol. The van der Waals surface area contributed by atoms with Gasteiger partial charge in [-0.15, -0.1) is 0 Å². The molecule has 1 saturated carbocycles. The lowest BCUT2D eigenvalue weighted by atomic mass is 10.0. The van der Waals surface area contributed by atoms with Gasteiger partial charge in [0.15, 0.2) is 0 Å². The van der Waals surface area contributed by atoms with Crippen molar-refractivity contribution in [2.75, 3.05) is 0 Å². The van der Waals surface area contributed by atoms with E-state index in [9.17, 15) is 0 Å². The maximum Gasteiger partial charge on any atom is 0.0991 e. The standard InChI is InChI=1S/C13H9N.C7H14/c14-10-11-6-8-13(9-7-11)12-4-2-1-3-5-12;1-2-4-6-7-5-3-1/h1-9H;1-7H2. The van der Waals surface area contributed by atoms with Gasteiger partial charge in [0.25, 0.3) is 0 Å². The summed E-state index contributed by atoms with van der Waals surface area (Å²) in [5.74, 6) is 0. The monoisotopic (exact) mass is 277 g/mol. The molecule has 1 fully saturated rings. The number of nitriles is 1. The van der Waals surface area contributed by atoms with Crippen LogP contribution in [0, 0.1) is 11.3 Å². The quantitative estimate of drug-likeness (QED) is 0.590. The smallest absolute Gasteiger partial charge is 0.0991 e. The van der Waals surface area contributed by atoms with Crippen molar-refractivity contribution >= 4 is 0 Å². The fourth-order valence-electron chi connectivity index (χ4n) is 2.61. The molecule has 0 radical (unpaired) electrons. The minimum absolute atomic E-state index is 0.699. The lowest BCUT2D eigenvalue weighted by molar-refractivity contribution is 0.702. The van der Waals surface area contributed by atoms with Crippen molar-refractivity contribution in [1.82, 2.24) is 0 Å². The molecule has 2 aromatic carbocycles. The van der Waals surface area contributed by atoms with E-state index in [0.29, 0.717) is 5.56 Å². The van der Waals surface area contributed by atoms with Gasteiger partial charge in [0.05, 0.1) is 11.6 Å². The lowest BCUT2D eigenvalue weighted by Crippen LogP contribution is -1.77. The summed E-state index contributed by atoms with van der Waals surface area (Å²) in [5.41, 5.74) is 3.02. The van der Waals surface area contributed by atoms with E-state index in [1.807, 2.05) is 42.5 Å². The van der Waals surface area contributed by atoms with Gasteiger partial charge in [-0.1, -0.05) is 87.4 Å². The maximum atomic E-state index is 8.65. The van der Waals surface area contributed by atoms with Crippen LogP contribution in [-0.2, 0) is 0 Å². The third-order valence-electron chi connectivity index (χ3n) is 3.87. The molecule has 0 N–H and O–H groups in total. The largest absolute Gasteiger partial charge is 0.192 e. The minimum Gasteiger partial charge on any atom is -0.192 e. The van der Waals surface area contributed by atoms with Gasteiger partial charge in [-0.2, -0.15) is 5.26 Å². The van der Waals surface area contributed by atoms with Gasteiger partial charge < -0.3 is 0 Å². The molecule has 0 bridgehead atoms. The second kappa shape index (κ2) is 8.97. The van der Waals surface area contributed by atoms with E-state index in [4.69, 9.17) is 5.26 Å². The molecule has 21 heavy (non-hydrogen) atoms. The molecule has 0 heterocycles. The topological polar surface area (TPSA) is 23.8 Å². The Kier molecular flexibility index (Phi) is 6.55. The van der Waals surface area contributed by atoms with E-state index in [1.165, 1.54) is 50.5 Å². The van der Waals surface area contributed by atoms with Crippen molar-refractivity contribution in [2.24, 2.45) is 0 Å². The highest BCUT2D eigenvalue weighted by molar-refractivity contribution is 5.63. The fourth-order valence-corrected chi connectivity index (χ4v) is 2.61. The Morgan fingerprint density at radius 1 is 0.571 bits per heavy atom. The molecule has 2 aromatic rings. The zero-order valence-electron chi connectivity index (χ0n) is 12.6. The molecule has 0 atom stereocenters. The number of benzene rings is 2. The maximum absolute atomic E-state index is 8.65. The molecule has 1 aliphatic carbocycles. The molecule has 3 rings (SSSR count). The summed E-state index contributed by atoms with van der Waals surface area (Å²) < 4.78 is 0. The zero-order chi connectivity index (χ0) is 14.8. The summed E-state index contributed by atoms with van der Waals surface area (Å²) in [5, 5.41) is 8.65. The second-order valence-electron chi connectivity index (χ2n) is 5.53. The van der Waals surface area contributed by atoms with E-state index in [2.05, 4.69) is 18.2 Å². The van der Waals surface area contributed by atoms with Gasteiger partial charge in [0.2, 0.25) is 0 Å². The number of hydrogen-bond donors (Lipinski definition) is 0. The molecule has 1 aliphatic rings. The van der Waals surface area contributed by atoms with Crippen LogP contribution in [0.5, 0.6) is 0 Å². The summed E-state index contributed by atoms with van der Waals surface area (Å²) in [4.78, 5) is 0. The third-order valence-corrected chi connectivity index (χ3v) is 3.87. The van der Waals surface area contributed by atoms with Gasteiger partial charge in [-0.3, -0.25) is 0 Å². The van der Waals surface area contributed by atoms with Crippen LogP contribution in [-0.4, -0.2) is 0 Å². The Labute approximate surface area is 128 Å². The van der Waals surface area contributed by atoms with Crippen molar-refractivity contribution in [3.63, 3.8) is 0 Å². The summed E-state index contributed by atoms with van der Waals surface area (Å²) in [6.45, 7) is 0. The van der Waals surface area contributed by atoms with Crippen LogP contribution in [0.1, 0.15) is 50.5 Å². The SMILES string of the molecule is C1CCCCCC1.N#Cc1ccc(-c2ccccc2)cc1. The predicted molar refractivity (Wildman–Crippen MR) is 88.9 cm³/mol. The van der Waals surface area contributed by atoms with E-state index >= 15 is 0 Å². The normalized spacial score (nSPS) is 14.2. The highest BCUT2D eigenvalue weighted by atomic mass is 14.2. The minimum atomic E-state index is 0.699. The first-order valence-electron chi connectivity index (χ1n) is 7.96. The van der Waals surface area contributed by atoms with Crippen molar-refractivity contribution in [1.29, 1.82) is 5.26 Å². The second-order valence-corrected chi connectivity index (χ2v) is 5.53. The summed E-state index contributed by atoms with van der Waals surface area (Å²) in [7, 11) is 0. The van der Waals surface area contributed by atoms with Crippen molar-refractivity contribution < 1.29 is 0 Å². The molecule has 0 amide bonds. The number of rotatable bonds is 1. The molecule has 1 heteroatoms. The van der Waals surface area contributed by atoms with E-state index < -0.39 is 0 Å². The van der Waals surface area contributed by atoms with Gasteiger partial charge in [0.1, 0.15) is 0 Å². The molecular formula is C20H23N. The Morgan fingerprint density at radius 2 is 1.00 bits per heavy atom. The Balaban J connectivity index is 0.000000194. The molecule has 0 aliphatic heterocycles. The molecule has 108 valence electrons. The van der Waals surface area contributed by atoms with E-state index in [0.717, 1.165) is 5.56 Å². The first-order valence-corrected chi connectivity index (χ1v) is 7.96. The Hall–Kier alpha value is -2.07. The first kappa shape index (κ1) is 15.3. The van der Waals surface area contributed by atoms with Gasteiger partial charge in [-0.25, -0.2) is 0 Å². The molecule has 1 nitrogen and oxygen atoms in total. The average molecular weight is 277 g/mol. The Morgan fingerprint density at radius 3 is 1.43 bits per heavy atom. The van der Waals surface area contributed by atoms with Gasteiger partial charge >= 0.3 is 0 Å². The zero-order valence-corrected chi connectivity index (χ0v) is 12.6. The summed E-state index contributed by atoms with van der Waals surface area (Å²) in [6, 6.07) is 19.8. The average Bonchev–Trinajstić information content (AvgIpc) is 2.89. The predicted octanol–water partition coefficient (Wildman–Crippen LogP) is 5.96. The highest BCUT2D eigenvalue weighted by Crippen LogP contribution is 2.18. The van der Waals surface area contributed by atoms with Crippen LogP contribution in [0.2, 0.25) is 0 Å². The number of hydrogen-bond acceptors (Lipinski definition) is 1. The lowest BCUT2D eigenvalue weighted by Gasteiger charge is -1.99. The van der Waals surface area contributed by atoms with Crippen LogP contribution in [0.4, 0.5) is 0 Å². The van der Waals surface area contributed by atoms with Crippen LogP contribution >= 0.6 is 0 Å². The fraction of sp³-hybridized carbons (Fsp3) is 0.350. The van der Waals surface area contributed by atoms with Crippen LogP contribution in [0.3, 0.4) is 0 Å². The highest BCUT2D eigenvalue weighted by Gasteiger charge is 1.96. The van der Waals surface area contributed by atoms with Gasteiger partial charge in [-0.05, 0) is 23.3 Å². The van der Waals surface area contributed by atoms with Crippen LogP contribution in [0.15, 0.2) is 54.6 Å². The van der Waals surface area contributed by atoms with Crippen LogP contribution in [0.25, 0.3) is 11.1 Å². The van der Waals surface area contributed by atoms with E-state index in [1.54, 1.807) is 0 Å². The van der Waals surface area contributed by atoms with Crippen molar-refractivity contribution in [2.45, 2.75) is 44.9 Å².